The normalized spacial score (nSPS) is 14.1. The van der Waals surface area contributed by atoms with Gasteiger partial charge in [0.05, 0.1) is 0 Å². The zero-order valence-electron chi connectivity index (χ0n) is 13.0. The topological polar surface area (TPSA) is 49.4 Å². The average molecular weight is 308 g/mol. The van der Waals surface area contributed by atoms with Crippen molar-refractivity contribution in [3.63, 3.8) is 0 Å². The van der Waals surface area contributed by atoms with Crippen LogP contribution < -0.4 is 5.43 Å². The number of carbonyl (C=O) groups excluding carboxylic acids is 2. The summed E-state index contributed by atoms with van der Waals surface area (Å²) in [5.41, 5.74) is 5.69. The predicted molar refractivity (Wildman–Crippen MR) is 88.7 cm³/mol. The van der Waals surface area contributed by atoms with Crippen molar-refractivity contribution in [2.24, 2.45) is 0 Å². The lowest BCUT2D eigenvalue weighted by Crippen LogP contribution is -2.42. The number of hydrogen-bond donors (Lipinski definition) is 1. The van der Waals surface area contributed by atoms with E-state index in [4.69, 9.17) is 0 Å². The van der Waals surface area contributed by atoms with Crippen LogP contribution in [0.25, 0.3) is 0 Å². The van der Waals surface area contributed by atoms with Crippen molar-refractivity contribution in [2.75, 3.05) is 6.54 Å². The quantitative estimate of drug-likeness (QED) is 0.923. The third-order valence-corrected chi connectivity index (χ3v) is 4.04. The zero-order valence-corrected chi connectivity index (χ0v) is 13.0. The van der Waals surface area contributed by atoms with E-state index >= 15 is 0 Å². The van der Waals surface area contributed by atoms with Crippen molar-refractivity contribution in [1.82, 2.24) is 10.4 Å². The Morgan fingerprint density at radius 1 is 1.00 bits per heavy atom. The first kappa shape index (κ1) is 15.3. The van der Waals surface area contributed by atoms with Crippen LogP contribution in [0.2, 0.25) is 0 Å². The van der Waals surface area contributed by atoms with Gasteiger partial charge in [-0.15, -0.1) is 0 Å². The Bertz CT molecular complexity index is 698. The number of hydrazine groups is 1. The molecule has 2 aromatic carbocycles. The Hall–Kier alpha value is -2.62. The molecule has 1 N–H and O–H groups in total. The first-order valence-corrected chi connectivity index (χ1v) is 7.96. The molecule has 4 nitrogen and oxygen atoms in total. The van der Waals surface area contributed by atoms with Crippen LogP contribution >= 0.6 is 0 Å². The van der Waals surface area contributed by atoms with E-state index in [2.05, 4.69) is 17.6 Å². The number of nitrogens with zero attached hydrogens (tertiary/aromatic N) is 1. The van der Waals surface area contributed by atoms with Crippen molar-refractivity contribution in [2.45, 2.75) is 25.7 Å². The fourth-order valence-corrected chi connectivity index (χ4v) is 2.75. The number of amides is 2. The van der Waals surface area contributed by atoms with Crippen molar-refractivity contribution in [1.29, 1.82) is 0 Å². The second kappa shape index (κ2) is 7.09. The van der Waals surface area contributed by atoms with E-state index in [-0.39, 0.29) is 11.8 Å². The molecule has 0 aliphatic carbocycles. The van der Waals surface area contributed by atoms with E-state index in [0.29, 0.717) is 18.5 Å². The maximum atomic E-state index is 12.3. The first-order valence-electron chi connectivity index (χ1n) is 7.96. The van der Waals surface area contributed by atoms with Gasteiger partial charge in [-0.05, 0) is 42.5 Å². The van der Waals surface area contributed by atoms with Crippen LogP contribution in [0.4, 0.5) is 0 Å². The van der Waals surface area contributed by atoms with Crippen LogP contribution in [-0.2, 0) is 17.6 Å². The fourth-order valence-electron chi connectivity index (χ4n) is 2.75. The summed E-state index contributed by atoms with van der Waals surface area (Å²) in [6, 6.07) is 17.9. The van der Waals surface area contributed by atoms with Gasteiger partial charge in [-0.3, -0.25) is 20.0 Å². The second-order valence-electron chi connectivity index (χ2n) is 5.78. The SMILES string of the molecule is O=C(NN1CCCC1=O)c1cccc(CCc2ccccc2)c1. The van der Waals surface area contributed by atoms with E-state index in [9.17, 15) is 9.59 Å². The molecule has 1 aliphatic heterocycles. The largest absolute Gasteiger partial charge is 0.273 e. The highest BCUT2D eigenvalue weighted by molar-refractivity contribution is 5.95. The summed E-state index contributed by atoms with van der Waals surface area (Å²) in [6.07, 6.45) is 3.14. The van der Waals surface area contributed by atoms with E-state index in [1.807, 2.05) is 36.4 Å². The van der Waals surface area contributed by atoms with Crippen molar-refractivity contribution < 1.29 is 9.59 Å². The molecule has 2 amide bonds. The van der Waals surface area contributed by atoms with Gasteiger partial charge in [0.25, 0.3) is 5.91 Å². The van der Waals surface area contributed by atoms with E-state index in [1.165, 1.54) is 10.6 Å². The molecule has 0 bridgehead atoms. The molecule has 0 unspecified atom stereocenters. The highest BCUT2D eigenvalue weighted by Gasteiger charge is 2.22. The standard InChI is InChI=1S/C19H20N2O2/c22-18-10-5-13-21(18)20-19(23)17-9-4-8-16(14-17)12-11-15-6-2-1-3-7-15/h1-4,6-9,14H,5,10-13H2,(H,20,23). The third-order valence-electron chi connectivity index (χ3n) is 4.04. The molecule has 4 heteroatoms. The Kier molecular flexibility index (Phi) is 4.71. The Labute approximate surface area is 136 Å². The molecule has 0 spiro atoms. The van der Waals surface area contributed by atoms with Gasteiger partial charge in [-0.25, -0.2) is 0 Å². The molecule has 3 rings (SSSR count). The third kappa shape index (κ3) is 3.97. The molecule has 1 aliphatic rings. The molecule has 1 saturated heterocycles. The highest BCUT2D eigenvalue weighted by atomic mass is 16.2. The molecule has 23 heavy (non-hydrogen) atoms. The van der Waals surface area contributed by atoms with Gasteiger partial charge >= 0.3 is 0 Å². The lowest BCUT2D eigenvalue weighted by atomic mass is 10.0. The van der Waals surface area contributed by atoms with Crippen molar-refractivity contribution >= 4 is 11.8 Å². The first-order chi connectivity index (χ1) is 11.2. The Morgan fingerprint density at radius 3 is 2.48 bits per heavy atom. The van der Waals surface area contributed by atoms with Crippen LogP contribution in [0, 0.1) is 0 Å². The van der Waals surface area contributed by atoms with Gasteiger partial charge in [-0.1, -0.05) is 42.5 Å². The van der Waals surface area contributed by atoms with Crippen LogP contribution in [0.3, 0.4) is 0 Å². The summed E-state index contributed by atoms with van der Waals surface area (Å²) in [5.74, 6) is -0.236. The number of nitrogens with one attached hydrogen (secondary N) is 1. The summed E-state index contributed by atoms with van der Waals surface area (Å²) < 4.78 is 0. The van der Waals surface area contributed by atoms with Gasteiger partial charge in [-0.2, -0.15) is 0 Å². The summed E-state index contributed by atoms with van der Waals surface area (Å²) in [6.45, 7) is 0.596. The van der Waals surface area contributed by atoms with E-state index < -0.39 is 0 Å². The number of aryl methyl sites for hydroxylation is 2. The molecular formula is C19H20N2O2. The summed E-state index contributed by atoms with van der Waals surface area (Å²) >= 11 is 0. The lowest BCUT2D eigenvalue weighted by Gasteiger charge is -2.17. The van der Waals surface area contributed by atoms with Crippen molar-refractivity contribution in [3.05, 3.63) is 71.3 Å². The summed E-state index contributed by atoms with van der Waals surface area (Å²) in [5, 5.41) is 1.42. The minimum atomic E-state index is -0.221. The van der Waals surface area contributed by atoms with Crippen LogP contribution in [0.5, 0.6) is 0 Å². The molecule has 1 heterocycles. The van der Waals surface area contributed by atoms with Gasteiger partial charge in [0.15, 0.2) is 0 Å². The van der Waals surface area contributed by atoms with Crippen LogP contribution in [0.15, 0.2) is 54.6 Å². The van der Waals surface area contributed by atoms with Crippen LogP contribution in [0.1, 0.15) is 34.3 Å². The molecule has 1 fully saturated rings. The average Bonchev–Trinajstić information content (AvgIpc) is 2.99. The second-order valence-corrected chi connectivity index (χ2v) is 5.78. The monoisotopic (exact) mass is 308 g/mol. The maximum absolute atomic E-state index is 12.3. The molecule has 0 radical (unpaired) electrons. The van der Waals surface area contributed by atoms with Gasteiger partial charge in [0.2, 0.25) is 5.91 Å². The fraction of sp³-hybridized carbons (Fsp3) is 0.263. The molecule has 0 saturated carbocycles. The lowest BCUT2D eigenvalue weighted by molar-refractivity contribution is -0.129. The highest BCUT2D eigenvalue weighted by Crippen LogP contribution is 2.11. The minimum absolute atomic E-state index is 0.0152. The minimum Gasteiger partial charge on any atom is -0.273 e. The van der Waals surface area contributed by atoms with Gasteiger partial charge in [0, 0.05) is 18.5 Å². The van der Waals surface area contributed by atoms with E-state index in [1.54, 1.807) is 6.07 Å². The molecular weight excluding hydrogens is 288 g/mol. The van der Waals surface area contributed by atoms with Crippen LogP contribution in [-0.4, -0.2) is 23.4 Å². The van der Waals surface area contributed by atoms with Gasteiger partial charge < -0.3 is 0 Å². The van der Waals surface area contributed by atoms with Crippen molar-refractivity contribution in [3.8, 4) is 0 Å². The Balaban J connectivity index is 1.62. The number of carbonyl (C=O) groups is 2. The molecule has 0 aromatic heterocycles. The maximum Gasteiger partial charge on any atom is 0.269 e. The molecule has 2 aromatic rings. The summed E-state index contributed by atoms with van der Waals surface area (Å²) in [7, 11) is 0. The summed E-state index contributed by atoms with van der Waals surface area (Å²) in [4.78, 5) is 23.8. The molecule has 0 atom stereocenters. The molecule has 118 valence electrons. The predicted octanol–water partition coefficient (Wildman–Crippen LogP) is 2.74. The smallest absolute Gasteiger partial charge is 0.269 e. The zero-order chi connectivity index (χ0) is 16.1. The number of hydrogen-bond acceptors (Lipinski definition) is 2. The Morgan fingerprint density at radius 2 is 1.74 bits per heavy atom. The van der Waals surface area contributed by atoms with E-state index in [0.717, 1.165) is 24.8 Å². The number of rotatable bonds is 5. The van der Waals surface area contributed by atoms with Gasteiger partial charge in [0.1, 0.15) is 0 Å². The number of benzene rings is 2.